The van der Waals surface area contributed by atoms with Crippen molar-refractivity contribution in [2.45, 2.75) is 31.8 Å². The number of rotatable bonds is 8. The van der Waals surface area contributed by atoms with Gasteiger partial charge in [-0.3, -0.25) is 14.5 Å². The first kappa shape index (κ1) is 25.8. The van der Waals surface area contributed by atoms with Gasteiger partial charge >= 0.3 is 0 Å². The van der Waals surface area contributed by atoms with E-state index in [1.807, 2.05) is 36.4 Å². The molecule has 2 aliphatic heterocycles. The second-order valence-electron chi connectivity index (χ2n) is 9.75. The lowest BCUT2D eigenvalue weighted by Crippen LogP contribution is -2.43. The van der Waals surface area contributed by atoms with Crippen molar-refractivity contribution in [1.82, 2.24) is 25.3 Å². The maximum atomic E-state index is 12.8. The third kappa shape index (κ3) is 6.73. The summed E-state index contributed by atoms with van der Waals surface area (Å²) in [6.45, 7) is 5.70. The molecule has 194 valence electrons. The Morgan fingerprint density at radius 1 is 1.00 bits per heavy atom. The van der Waals surface area contributed by atoms with Gasteiger partial charge in [-0.2, -0.15) is 0 Å². The molecule has 10 heteroatoms. The van der Waals surface area contributed by atoms with Crippen LogP contribution in [-0.2, 0) is 24.2 Å². The van der Waals surface area contributed by atoms with Gasteiger partial charge in [-0.05, 0) is 48.9 Å². The number of carbonyl (C=O) groups is 2. The van der Waals surface area contributed by atoms with Crippen LogP contribution in [0.3, 0.4) is 0 Å². The molecule has 0 saturated carbocycles. The first-order valence-electron chi connectivity index (χ1n) is 12.6. The summed E-state index contributed by atoms with van der Waals surface area (Å²) in [5, 5.41) is 13.1. The Morgan fingerprint density at radius 3 is 2.43 bits per heavy atom. The monoisotopic (exact) mass is 538 g/mol. The summed E-state index contributed by atoms with van der Waals surface area (Å²) in [5.74, 6) is -0.268. The summed E-state index contributed by atoms with van der Waals surface area (Å²) < 4.78 is 0. The van der Waals surface area contributed by atoms with E-state index in [2.05, 4.69) is 44.5 Å². The third-order valence-corrected chi connectivity index (χ3v) is 8.15. The van der Waals surface area contributed by atoms with Gasteiger partial charge in [0.15, 0.2) is 0 Å². The van der Waals surface area contributed by atoms with Crippen LogP contribution in [0.25, 0.3) is 0 Å². The maximum absolute atomic E-state index is 12.8. The van der Waals surface area contributed by atoms with Crippen LogP contribution in [0.4, 0.5) is 5.69 Å². The van der Waals surface area contributed by atoms with Crippen LogP contribution in [0, 0.1) is 0 Å². The molecule has 2 amide bonds. The predicted octanol–water partition coefficient (Wildman–Crippen LogP) is 3.26. The number of nitrogens with one attached hydrogen (secondary N) is 1. The second-order valence-corrected chi connectivity index (χ2v) is 11.3. The first-order chi connectivity index (χ1) is 17.9. The van der Waals surface area contributed by atoms with Crippen LogP contribution < -0.4 is 10.2 Å². The maximum Gasteiger partial charge on any atom is 0.282 e. The van der Waals surface area contributed by atoms with E-state index in [1.165, 1.54) is 16.9 Å². The van der Waals surface area contributed by atoms with Gasteiger partial charge < -0.3 is 15.1 Å². The van der Waals surface area contributed by atoms with Crippen LogP contribution in [0.2, 0.25) is 5.02 Å². The second kappa shape index (κ2) is 11.7. The number of carbonyl (C=O) groups excluding carboxylic acids is 2. The van der Waals surface area contributed by atoms with Crippen molar-refractivity contribution in [3.63, 3.8) is 0 Å². The van der Waals surface area contributed by atoms with Crippen LogP contribution in [0.15, 0.2) is 48.5 Å². The van der Waals surface area contributed by atoms with Gasteiger partial charge in [0.2, 0.25) is 10.9 Å². The first-order valence-corrected chi connectivity index (χ1v) is 13.8. The number of nitrogens with zero attached hydrogens (tertiary/aromatic N) is 5. The lowest BCUT2D eigenvalue weighted by Gasteiger charge is -2.32. The topological polar surface area (TPSA) is 81.7 Å². The molecular formula is C27H31ClN6O2S. The summed E-state index contributed by atoms with van der Waals surface area (Å²) >= 11 is 7.24. The van der Waals surface area contributed by atoms with Crippen molar-refractivity contribution >= 4 is 40.4 Å². The lowest BCUT2D eigenvalue weighted by atomic mass is 10.1. The SMILES string of the molecule is CN1CCN(Cc2ccc(N3C[C@H](NC(=O)c4nnc(CCc5ccc(Cl)cc5)s4)CC3=O)cc2)CC1. The molecule has 1 aromatic heterocycles. The Balaban J connectivity index is 1.11. The fraction of sp³-hybridized carbons (Fsp3) is 0.407. The van der Waals surface area contributed by atoms with Crippen molar-refractivity contribution in [2.24, 2.45) is 0 Å². The van der Waals surface area contributed by atoms with Crippen LogP contribution >= 0.6 is 22.9 Å². The van der Waals surface area contributed by atoms with E-state index in [4.69, 9.17) is 11.6 Å². The highest BCUT2D eigenvalue weighted by molar-refractivity contribution is 7.13. The molecule has 2 fully saturated rings. The molecule has 2 saturated heterocycles. The van der Waals surface area contributed by atoms with Gasteiger partial charge in [0.25, 0.3) is 5.91 Å². The molecule has 3 heterocycles. The smallest absolute Gasteiger partial charge is 0.282 e. The molecule has 0 unspecified atom stereocenters. The highest BCUT2D eigenvalue weighted by Crippen LogP contribution is 2.23. The van der Waals surface area contributed by atoms with Gasteiger partial charge in [-0.15, -0.1) is 10.2 Å². The van der Waals surface area contributed by atoms with Crippen LogP contribution in [0.5, 0.6) is 0 Å². The Bertz CT molecular complexity index is 1220. The molecule has 0 spiro atoms. The Kier molecular flexibility index (Phi) is 8.14. The fourth-order valence-electron chi connectivity index (χ4n) is 4.70. The van der Waals surface area contributed by atoms with E-state index in [9.17, 15) is 9.59 Å². The quantitative estimate of drug-likeness (QED) is 0.474. The molecule has 1 atom stereocenters. The molecule has 2 aromatic carbocycles. The molecule has 37 heavy (non-hydrogen) atoms. The highest BCUT2D eigenvalue weighted by Gasteiger charge is 2.32. The van der Waals surface area contributed by atoms with Crippen molar-refractivity contribution in [3.8, 4) is 0 Å². The number of benzene rings is 2. The molecule has 5 rings (SSSR count). The average molecular weight is 539 g/mol. The molecule has 0 radical (unpaired) electrons. The average Bonchev–Trinajstić information content (AvgIpc) is 3.52. The van der Waals surface area contributed by atoms with Gasteiger partial charge in [0, 0.05) is 62.8 Å². The number of piperazine rings is 1. The molecule has 3 aromatic rings. The zero-order chi connectivity index (χ0) is 25.8. The normalized spacial score (nSPS) is 18.9. The van der Waals surface area contributed by atoms with Gasteiger partial charge in [-0.1, -0.05) is 47.2 Å². The number of aryl methyl sites for hydroxylation is 2. The van der Waals surface area contributed by atoms with Crippen LogP contribution in [-0.4, -0.2) is 77.6 Å². The Hall–Kier alpha value is -2.85. The summed E-state index contributed by atoms with van der Waals surface area (Å²) in [7, 11) is 2.16. The molecule has 1 N–H and O–H groups in total. The van der Waals surface area contributed by atoms with E-state index in [1.54, 1.807) is 4.90 Å². The van der Waals surface area contributed by atoms with E-state index in [-0.39, 0.29) is 24.3 Å². The highest BCUT2D eigenvalue weighted by atomic mass is 35.5. The standard InChI is InChI=1S/C27H31ClN6O2S/c1-32-12-14-33(15-13-32)17-20-4-9-23(10-5-20)34-18-22(16-25(34)35)29-26(36)27-31-30-24(37-27)11-6-19-2-7-21(28)8-3-19/h2-5,7-10,22H,6,11-18H2,1H3,(H,29,36)/t22-/m1/s1. The lowest BCUT2D eigenvalue weighted by molar-refractivity contribution is -0.117. The van der Waals surface area contributed by atoms with Crippen LogP contribution in [0.1, 0.15) is 32.4 Å². The van der Waals surface area contributed by atoms with Crippen molar-refractivity contribution in [3.05, 3.63) is 74.7 Å². The van der Waals surface area contributed by atoms with E-state index >= 15 is 0 Å². The zero-order valence-corrected chi connectivity index (χ0v) is 22.5. The minimum atomic E-state index is -0.280. The number of amides is 2. The van der Waals surface area contributed by atoms with Crippen molar-refractivity contribution < 1.29 is 9.59 Å². The minimum Gasteiger partial charge on any atom is -0.345 e. The summed E-state index contributed by atoms with van der Waals surface area (Å²) in [6.07, 6.45) is 1.78. The van der Waals surface area contributed by atoms with Crippen molar-refractivity contribution in [2.75, 3.05) is 44.7 Å². The number of likely N-dealkylation sites (N-methyl/N-ethyl adjacent to an activating group) is 1. The number of anilines is 1. The summed E-state index contributed by atoms with van der Waals surface area (Å²) in [5.41, 5.74) is 3.26. The Morgan fingerprint density at radius 2 is 1.70 bits per heavy atom. The summed E-state index contributed by atoms with van der Waals surface area (Å²) in [4.78, 5) is 32.0. The number of halogens is 1. The fourth-order valence-corrected chi connectivity index (χ4v) is 5.56. The van der Waals surface area contributed by atoms with E-state index in [0.29, 0.717) is 23.0 Å². The van der Waals surface area contributed by atoms with E-state index in [0.717, 1.165) is 55.4 Å². The summed E-state index contributed by atoms with van der Waals surface area (Å²) in [6, 6.07) is 15.7. The van der Waals surface area contributed by atoms with Gasteiger partial charge in [-0.25, -0.2) is 0 Å². The number of hydrogen-bond donors (Lipinski definition) is 1. The van der Waals surface area contributed by atoms with Crippen molar-refractivity contribution in [1.29, 1.82) is 0 Å². The minimum absolute atomic E-state index is 0.0121. The molecule has 8 nitrogen and oxygen atoms in total. The predicted molar refractivity (Wildman–Crippen MR) is 146 cm³/mol. The molecule has 0 bridgehead atoms. The van der Waals surface area contributed by atoms with Gasteiger partial charge in [0.1, 0.15) is 5.01 Å². The molecule has 0 aliphatic carbocycles. The number of aromatic nitrogens is 2. The molecular weight excluding hydrogens is 508 g/mol. The largest absolute Gasteiger partial charge is 0.345 e. The van der Waals surface area contributed by atoms with E-state index < -0.39 is 0 Å². The Labute approximate surface area is 226 Å². The zero-order valence-electron chi connectivity index (χ0n) is 20.9. The number of hydrogen-bond acceptors (Lipinski definition) is 7. The molecule has 2 aliphatic rings. The van der Waals surface area contributed by atoms with Gasteiger partial charge in [0.05, 0.1) is 6.04 Å². The third-order valence-electron chi connectivity index (χ3n) is 6.91.